The lowest BCUT2D eigenvalue weighted by atomic mass is 10.1. The van der Waals surface area contributed by atoms with E-state index in [9.17, 15) is 0 Å². The molecule has 2 heterocycles. The normalized spacial score (nSPS) is 11.2. The van der Waals surface area contributed by atoms with Crippen molar-refractivity contribution in [1.29, 1.82) is 0 Å². The molecule has 204 valence electrons. The number of aromatic nitrogens is 2. The number of hydrogen-bond donors (Lipinski definition) is 2. The van der Waals surface area contributed by atoms with Crippen molar-refractivity contribution in [3.05, 3.63) is 97.1 Å². The van der Waals surface area contributed by atoms with Gasteiger partial charge in [-0.3, -0.25) is 0 Å². The Morgan fingerprint density at radius 3 is 0.975 bits per heavy atom. The first-order valence-corrected chi connectivity index (χ1v) is 14.4. The zero-order valence-corrected chi connectivity index (χ0v) is 23.7. The highest BCUT2D eigenvalue weighted by Crippen LogP contribution is 2.32. The minimum Gasteiger partial charge on any atom is -0.384 e. The smallest absolute Gasteiger partial charge is 0.0730 e. The Hall–Kier alpha value is -3.89. The number of rotatable bonds is 12. The molecule has 0 spiro atoms. The van der Waals surface area contributed by atoms with Crippen molar-refractivity contribution >= 4 is 67.4 Å². The Morgan fingerprint density at radius 2 is 0.650 bits per heavy atom. The van der Waals surface area contributed by atoms with Gasteiger partial charge in [0, 0.05) is 34.6 Å². The zero-order valence-electron chi connectivity index (χ0n) is 22.9. The van der Waals surface area contributed by atoms with Gasteiger partial charge in [0.1, 0.15) is 0 Å². The molecule has 5 heteroatoms. The molecule has 4 aromatic carbocycles. The van der Waals surface area contributed by atoms with E-state index in [4.69, 9.17) is 9.97 Å². The Morgan fingerprint density at radius 1 is 0.375 bits per heavy atom. The maximum atomic E-state index is 4.83. The molecule has 0 aliphatic rings. The SMILES string of the molecule is Cl.c1ccc2c(NCCCCCCCCCNc3c4ccccc4nc4ccccc34)c3ccccc3nc2c1. The van der Waals surface area contributed by atoms with Crippen LogP contribution < -0.4 is 10.6 Å². The fourth-order valence-electron chi connectivity index (χ4n) is 5.62. The highest BCUT2D eigenvalue weighted by atomic mass is 35.5. The quantitative estimate of drug-likeness (QED) is 0.118. The summed E-state index contributed by atoms with van der Waals surface area (Å²) < 4.78 is 0. The van der Waals surface area contributed by atoms with Crippen LogP contribution in [0.5, 0.6) is 0 Å². The molecular formula is C35H37ClN4. The summed E-state index contributed by atoms with van der Waals surface area (Å²) in [5, 5.41) is 12.3. The van der Waals surface area contributed by atoms with Crippen LogP contribution in [-0.4, -0.2) is 23.1 Å². The van der Waals surface area contributed by atoms with Crippen LogP contribution in [0.3, 0.4) is 0 Å². The van der Waals surface area contributed by atoms with Gasteiger partial charge < -0.3 is 10.6 Å². The molecule has 6 rings (SSSR count). The summed E-state index contributed by atoms with van der Waals surface area (Å²) in [6.45, 7) is 1.99. The van der Waals surface area contributed by atoms with Crippen LogP contribution in [-0.2, 0) is 0 Å². The molecule has 0 amide bonds. The number of halogens is 1. The Bertz CT molecular complexity index is 1480. The van der Waals surface area contributed by atoms with Crippen molar-refractivity contribution in [2.45, 2.75) is 44.9 Å². The Kier molecular flexibility index (Phi) is 9.30. The maximum absolute atomic E-state index is 4.83. The molecule has 40 heavy (non-hydrogen) atoms. The summed E-state index contributed by atoms with van der Waals surface area (Å²) >= 11 is 0. The van der Waals surface area contributed by atoms with Crippen molar-refractivity contribution in [1.82, 2.24) is 9.97 Å². The predicted molar refractivity (Wildman–Crippen MR) is 175 cm³/mol. The first kappa shape index (κ1) is 27.7. The molecule has 0 saturated carbocycles. The maximum Gasteiger partial charge on any atom is 0.0730 e. The third kappa shape index (κ3) is 6.13. The second kappa shape index (κ2) is 13.5. The molecule has 6 aromatic rings. The largest absolute Gasteiger partial charge is 0.384 e. The van der Waals surface area contributed by atoms with Gasteiger partial charge in [-0.15, -0.1) is 12.4 Å². The lowest BCUT2D eigenvalue weighted by molar-refractivity contribution is 0.591. The Labute approximate surface area is 242 Å². The van der Waals surface area contributed by atoms with Crippen molar-refractivity contribution in [2.24, 2.45) is 0 Å². The number of pyridine rings is 2. The second-order valence-corrected chi connectivity index (χ2v) is 10.4. The number of fused-ring (bicyclic) bond motifs is 4. The van der Waals surface area contributed by atoms with Gasteiger partial charge in [0.15, 0.2) is 0 Å². The number of benzene rings is 4. The fourth-order valence-corrected chi connectivity index (χ4v) is 5.62. The lowest BCUT2D eigenvalue weighted by Gasteiger charge is -2.13. The van der Waals surface area contributed by atoms with Crippen LogP contribution in [0.15, 0.2) is 97.1 Å². The van der Waals surface area contributed by atoms with E-state index in [2.05, 4.69) is 108 Å². The molecule has 0 aliphatic heterocycles. The van der Waals surface area contributed by atoms with Crippen LogP contribution in [0.1, 0.15) is 44.9 Å². The van der Waals surface area contributed by atoms with E-state index >= 15 is 0 Å². The topological polar surface area (TPSA) is 49.8 Å². The van der Waals surface area contributed by atoms with E-state index < -0.39 is 0 Å². The number of unbranched alkanes of at least 4 members (excludes halogenated alkanes) is 6. The molecule has 0 unspecified atom stereocenters. The summed E-state index contributed by atoms with van der Waals surface area (Å²) in [6, 6.07) is 33.7. The van der Waals surface area contributed by atoms with Crippen molar-refractivity contribution in [2.75, 3.05) is 23.7 Å². The summed E-state index contributed by atoms with van der Waals surface area (Å²) in [6.07, 6.45) is 8.81. The predicted octanol–water partition coefficient (Wildman–Crippen LogP) is 9.77. The second-order valence-electron chi connectivity index (χ2n) is 10.4. The first-order valence-electron chi connectivity index (χ1n) is 14.4. The molecular weight excluding hydrogens is 512 g/mol. The first-order chi connectivity index (χ1) is 19.4. The third-order valence-corrected chi connectivity index (χ3v) is 7.63. The van der Waals surface area contributed by atoms with Crippen LogP contribution in [0.25, 0.3) is 43.6 Å². The summed E-state index contributed by atoms with van der Waals surface area (Å²) in [5.74, 6) is 0. The van der Waals surface area contributed by atoms with E-state index in [0.717, 1.165) is 35.2 Å². The molecule has 0 fully saturated rings. The van der Waals surface area contributed by atoms with Crippen molar-refractivity contribution in [3.63, 3.8) is 0 Å². The van der Waals surface area contributed by atoms with Crippen LogP contribution in [0.4, 0.5) is 11.4 Å². The number of anilines is 2. The number of para-hydroxylation sites is 4. The molecule has 2 aromatic heterocycles. The van der Waals surface area contributed by atoms with Crippen molar-refractivity contribution < 1.29 is 0 Å². The van der Waals surface area contributed by atoms with Gasteiger partial charge in [0.25, 0.3) is 0 Å². The van der Waals surface area contributed by atoms with Crippen molar-refractivity contribution in [3.8, 4) is 0 Å². The van der Waals surface area contributed by atoms with E-state index in [1.807, 2.05) is 0 Å². The van der Waals surface area contributed by atoms with Gasteiger partial charge in [-0.1, -0.05) is 105 Å². The number of nitrogens with zero attached hydrogens (tertiary/aromatic N) is 2. The van der Waals surface area contributed by atoms with Gasteiger partial charge in [-0.05, 0) is 37.1 Å². The van der Waals surface area contributed by atoms with Crippen LogP contribution >= 0.6 is 12.4 Å². The lowest BCUT2D eigenvalue weighted by Crippen LogP contribution is -2.04. The average Bonchev–Trinajstić information content (AvgIpc) is 2.98. The minimum absolute atomic E-state index is 0. The highest BCUT2D eigenvalue weighted by Gasteiger charge is 2.09. The molecule has 0 atom stereocenters. The van der Waals surface area contributed by atoms with E-state index in [1.165, 1.54) is 77.9 Å². The van der Waals surface area contributed by atoms with Gasteiger partial charge >= 0.3 is 0 Å². The minimum atomic E-state index is 0. The standard InChI is InChI=1S/C35H36N4.ClH/c1(2-4-14-24-36-34-26-16-6-10-20-30(26)38-31-21-11-7-17-27(31)34)3-5-15-25-37-35-28-18-8-12-22-32(28)39-33-23-13-9-19-29(33)35;/h6-13,16-23H,1-5,14-15,24-25H2,(H,36,38)(H,37,39);1H. The Balaban J connectivity index is 0.00000323. The average molecular weight is 549 g/mol. The molecule has 0 radical (unpaired) electrons. The number of hydrogen-bond acceptors (Lipinski definition) is 4. The van der Waals surface area contributed by atoms with Gasteiger partial charge in [0.05, 0.1) is 33.4 Å². The monoisotopic (exact) mass is 548 g/mol. The van der Waals surface area contributed by atoms with Gasteiger partial charge in [-0.2, -0.15) is 0 Å². The molecule has 4 nitrogen and oxygen atoms in total. The van der Waals surface area contributed by atoms with Gasteiger partial charge in [0.2, 0.25) is 0 Å². The molecule has 0 bridgehead atoms. The third-order valence-electron chi connectivity index (χ3n) is 7.63. The van der Waals surface area contributed by atoms with Crippen LogP contribution in [0.2, 0.25) is 0 Å². The summed E-state index contributed by atoms with van der Waals surface area (Å²) in [7, 11) is 0. The summed E-state index contributed by atoms with van der Waals surface area (Å²) in [4.78, 5) is 9.67. The van der Waals surface area contributed by atoms with E-state index in [0.29, 0.717) is 0 Å². The highest BCUT2D eigenvalue weighted by molar-refractivity contribution is 6.08. The number of nitrogens with one attached hydrogen (secondary N) is 2. The molecule has 0 saturated heterocycles. The summed E-state index contributed by atoms with van der Waals surface area (Å²) in [5.41, 5.74) is 6.66. The zero-order chi connectivity index (χ0) is 26.3. The van der Waals surface area contributed by atoms with E-state index in [1.54, 1.807) is 0 Å². The van der Waals surface area contributed by atoms with Gasteiger partial charge in [-0.25, -0.2) is 9.97 Å². The van der Waals surface area contributed by atoms with E-state index in [-0.39, 0.29) is 12.4 Å². The fraction of sp³-hybridized carbons (Fsp3) is 0.257. The van der Waals surface area contributed by atoms with Crippen LogP contribution in [0, 0.1) is 0 Å². The molecule has 0 aliphatic carbocycles. The molecule has 2 N–H and O–H groups in total.